The number of nitrogens with zero attached hydrogens (tertiary/aromatic N) is 1. The smallest absolute Gasteiger partial charge is 0.409 e. The maximum Gasteiger partial charge on any atom is 0.409 e. The molecule has 2 amide bonds. The van der Waals surface area contributed by atoms with Crippen LogP contribution in [0.1, 0.15) is 75.1 Å². The van der Waals surface area contributed by atoms with Crippen LogP contribution >= 0.6 is 0 Å². The van der Waals surface area contributed by atoms with Gasteiger partial charge in [0, 0.05) is 32.0 Å². The van der Waals surface area contributed by atoms with Gasteiger partial charge in [0.1, 0.15) is 12.2 Å². The Labute approximate surface area is 243 Å². The zero-order valence-corrected chi connectivity index (χ0v) is 25.1. The van der Waals surface area contributed by atoms with Crippen molar-refractivity contribution in [2.24, 2.45) is 0 Å². The fourth-order valence-electron chi connectivity index (χ4n) is 3.72. The summed E-state index contributed by atoms with van der Waals surface area (Å²) in [6.45, 7) is 11.5. The zero-order chi connectivity index (χ0) is 30.8. The molecule has 2 aromatic carbocycles. The van der Waals surface area contributed by atoms with Crippen LogP contribution in [-0.2, 0) is 18.9 Å². The molecule has 0 aliphatic heterocycles. The highest BCUT2D eigenvalue weighted by molar-refractivity contribution is 5.89. The monoisotopic (exact) mass is 572 g/mol. The maximum atomic E-state index is 11.9. The van der Waals surface area contributed by atoms with Gasteiger partial charge >= 0.3 is 24.1 Å². The highest BCUT2D eigenvalue weighted by Gasteiger charge is 2.21. The molecule has 4 unspecified atom stereocenters. The van der Waals surface area contributed by atoms with Gasteiger partial charge in [-0.3, -0.25) is 0 Å². The van der Waals surface area contributed by atoms with Crippen LogP contribution in [-0.4, -0.2) is 73.6 Å². The van der Waals surface area contributed by atoms with Crippen molar-refractivity contribution in [3.8, 4) is 0 Å². The molecule has 10 nitrogen and oxygen atoms in total. The summed E-state index contributed by atoms with van der Waals surface area (Å²) in [7, 11) is 1.67. The SMILES string of the molecule is CCOC(=O)N(C)C(C)CC(C)OC(=O)c1ccccc1.CCOC(=O)NC(C)CC(C)OC(=O)c1ccccc1. The molecule has 0 bridgehead atoms. The molecule has 1 N–H and O–H groups in total. The first-order valence-electron chi connectivity index (χ1n) is 13.8. The fraction of sp³-hybridized carbons (Fsp3) is 0.484. The maximum absolute atomic E-state index is 11.9. The molecular formula is C31H44N2O8. The second kappa shape index (κ2) is 19.1. The zero-order valence-electron chi connectivity index (χ0n) is 25.1. The van der Waals surface area contributed by atoms with Crippen LogP contribution in [0.3, 0.4) is 0 Å². The van der Waals surface area contributed by atoms with E-state index in [9.17, 15) is 19.2 Å². The van der Waals surface area contributed by atoms with E-state index in [1.165, 1.54) is 4.90 Å². The van der Waals surface area contributed by atoms with Crippen molar-refractivity contribution in [2.45, 2.75) is 78.7 Å². The van der Waals surface area contributed by atoms with E-state index in [4.69, 9.17) is 18.9 Å². The molecule has 41 heavy (non-hydrogen) atoms. The third-order valence-electron chi connectivity index (χ3n) is 5.85. The average Bonchev–Trinajstić information content (AvgIpc) is 2.93. The van der Waals surface area contributed by atoms with E-state index in [2.05, 4.69) is 5.32 Å². The molecule has 0 saturated carbocycles. The number of esters is 2. The Kier molecular flexibility index (Phi) is 16.3. The summed E-state index contributed by atoms with van der Waals surface area (Å²) in [5.41, 5.74) is 1.04. The quantitative estimate of drug-likeness (QED) is 0.248. The molecule has 0 aromatic heterocycles. The molecular weight excluding hydrogens is 528 g/mol. The van der Waals surface area contributed by atoms with Crippen molar-refractivity contribution in [1.29, 1.82) is 0 Å². The number of nitrogens with one attached hydrogen (secondary N) is 1. The van der Waals surface area contributed by atoms with Gasteiger partial charge in [-0.05, 0) is 65.8 Å². The molecule has 0 aliphatic carbocycles. The first-order valence-corrected chi connectivity index (χ1v) is 13.8. The van der Waals surface area contributed by atoms with E-state index >= 15 is 0 Å². The highest BCUT2D eigenvalue weighted by Crippen LogP contribution is 2.12. The van der Waals surface area contributed by atoms with E-state index in [0.717, 1.165) is 0 Å². The van der Waals surface area contributed by atoms with Crippen molar-refractivity contribution >= 4 is 24.1 Å². The van der Waals surface area contributed by atoms with Crippen LogP contribution < -0.4 is 5.32 Å². The molecule has 4 atom stereocenters. The van der Waals surface area contributed by atoms with E-state index < -0.39 is 6.09 Å². The summed E-state index contributed by atoms with van der Waals surface area (Å²) in [4.78, 5) is 48.1. The number of amides is 2. The average molecular weight is 573 g/mol. The van der Waals surface area contributed by atoms with Crippen LogP contribution in [0.2, 0.25) is 0 Å². The lowest BCUT2D eigenvalue weighted by atomic mass is 10.1. The minimum Gasteiger partial charge on any atom is -0.459 e. The van der Waals surface area contributed by atoms with Gasteiger partial charge in [0.05, 0.1) is 24.3 Å². The van der Waals surface area contributed by atoms with Gasteiger partial charge in [-0.15, -0.1) is 0 Å². The second-order valence-corrected chi connectivity index (χ2v) is 9.56. The predicted octanol–water partition coefficient (Wildman–Crippen LogP) is 5.86. The third kappa shape index (κ3) is 14.2. The van der Waals surface area contributed by atoms with Crippen molar-refractivity contribution < 1.29 is 38.1 Å². The van der Waals surface area contributed by atoms with Crippen molar-refractivity contribution in [1.82, 2.24) is 10.2 Å². The second-order valence-electron chi connectivity index (χ2n) is 9.56. The summed E-state index contributed by atoms with van der Waals surface area (Å²) >= 11 is 0. The molecule has 0 aliphatic rings. The number of carbonyl (C=O) groups excluding carboxylic acids is 4. The van der Waals surface area contributed by atoms with Gasteiger partial charge in [-0.2, -0.15) is 0 Å². The third-order valence-corrected chi connectivity index (χ3v) is 5.85. The molecule has 10 heteroatoms. The van der Waals surface area contributed by atoms with Crippen LogP contribution in [0.25, 0.3) is 0 Å². The number of ether oxygens (including phenoxy) is 4. The number of hydrogen-bond donors (Lipinski definition) is 1. The van der Waals surface area contributed by atoms with Gasteiger partial charge in [-0.1, -0.05) is 36.4 Å². The normalized spacial score (nSPS) is 13.1. The van der Waals surface area contributed by atoms with E-state index in [0.29, 0.717) is 37.2 Å². The number of alkyl carbamates (subject to hydrolysis) is 1. The van der Waals surface area contributed by atoms with Gasteiger partial charge in [-0.25, -0.2) is 19.2 Å². The highest BCUT2D eigenvalue weighted by atomic mass is 16.6. The van der Waals surface area contributed by atoms with Crippen LogP contribution in [0.5, 0.6) is 0 Å². The standard InChI is InChI=1S/C16H23NO4.C15H21NO4/c1-5-20-16(19)17(4)12(2)11-13(3)21-15(18)14-9-7-6-8-10-14;1-4-19-15(18)16-11(2)10-12(3)20-14(17)13-8-6-5-7-9-13/h6-10,12-13H,5,11H2,1-4H3;5-9,11-12H,4,10H2,1-3H3,(H,16,18). The van der Waals surface area contributed by atoms with Gasteiger partial charge in [0.25, 0.3) is 0 Å². The summed E-state index contributed by atoms with van der Waals surface area (Å²) in [6, 6.07) is 17.4. The minimum atomic E-state index is -0.457. The van der Waals surface area contributed by atoms with E-state index in [-0.39, 0.29) is 42.3 Å². The first kappa shape index (κ1) is 34.9. The molecule has 0 radical (unpaired) electrons. The Hall–Kier alpha value is -4.08. The Balaban J connectivity index is 0.000000410. The lowest BCUT2D eigenvalue weighted by Crippen LogP contribution is -2.38. The van der Waals surface area contributed by atoms with Crippen LogP contribution in [0.4, 0.5) is 9.59 Å². The van der Waals surface area contributed by atoms with Crippen molar-refractivity contribution in [3.63, 3.8) is 0 Å². The topological polar surface area (TPSA) is 120 Å². The molecule has 0 saturated heterocycles. The van der Waals surface area contributed by atoms with Gasteiger partial charge in [0.2, 0.25) is 0 Å². The minimum absolute atomic E-state index is 0.0809. The van der Waals surface area contributed by atoms with Crippen molar-refractivity contribution in [2.75, 3.05) is 20.3 Å². The lowest BCUT2D eigenvalue weighted by molar-refractivity contribution is 0.0261. The molecule has 0 spiro atoms. The summed E-state index contributed by atoms with van der Waals surface area (Å²) < 4.78 is 20.4. The van der Waals surface area contributed by atoms with Gasteiger partial charge in [0.15, 0.2) is 0 Å². The van der Waals surface area contributed by atoms with E-state index in [1.807, 2.05) is 32.9 Å². The Morgan fingerprint density at radius 2 is 1.15 bits per heavy atom. The number of hydrogen-bond acceptors (Lipinski definition) is 8. The van der Waals surface area contributed by atoms with Crippen LogP contribution in [0.15, 0.2) is 60.7 Å². The Bertz CT molecular complexity index is 1060. The van der Waals surface area contributed by atoms with E-state index in [1.54, 1.807) is 76.3 Å². The Morgan fingerprint density at radius 1 is 0.707 bits per heavy atom. The summed E-state index contributed by atoms with van der Waals surface area (Å²) in [5, 5.41) is 2.67. The molecule has 2 rings (SSSR count). The van der Waals surface area contributed by atoms with Crippen LogP contribution in [0, 0.1) is 0 Å². The molecule has 2 aromatic rings. The number of carbonyl (C=O) groups is 4. The molecule has 0 fully saturated rings. The number of benzene rings is 2. The summed E-state index contributed by atoms with van der Waals surface area (Å²) in [5.74, 6) is -0.712. The first-order chi connectivity index (χ1) is 19.5. The molecule has 0 heterocycles. The summed E-state index contributed by atoms with van der Waals surface area (Å²) in [6.07, 6.45) is -0.331. The van der Waals surface area contributed by atoms with Crippen molar-refractivity contribution in [3.05, 3.63) is 71.8 Å². The number of rotatable bonds is 12. The fourth-order valence-corrected chi connectivity index (χ4v) is 3.72. The predicted molar refractivity (Wildman–Crippen MR) is 156 cm³/mol. The largest absolute Gasteiger partial charge is 0.459 e. The lowest BCUT2D eigenvalue weighted by Gasteiger charge is -2.26. The Morgan fingerprint density at radius 3 is 1.59 bits per heavy atom. The molecule has 226 valence electrons. The van der Waals surface area contributed by atoms with Gasteiger partial charge < -0.3 is 29.2 Å².